The number of methoxy groups -OCH3 is 1. The minimum atomic E-state index is -1.10. The standard InChI is InChI=1S/C23H24O7/c1-12-10-22(27-4)16(13(2)20(26)30-22)9-17-21(3,11-18-23(12,17)29-18)28-15-7-5-14(6-8-15)19(24)25/h5-9,12,18H,10-11H2,1-4H3,(H,24,25). The molecule has 5 atom stereocenters. The van der Waals surface area contributed by atoms with Crippen LogP contribution in [0.25, 0.3) is 0 Å². The molecule has 5 unspecified atom stereocenters. The number of hydrogen-bond donors (Lipinski definition) is 1. The molecule has 1 spiro atoms. The van der Waals surface area contributed by atoms with Crippen LogP contribution in [0, 0.1) is 5.92 Å². The number of rotatable bonds is 4. The molecule has 1 saturated carbocycles. The first-order valence-corrected chi connectivity index (χ1v) is 10.1. The quantitative estimate of drug-likeness (QED) is 0.599. The Morgan fingerprint density at radius 3 is 2.57 bits per heavy atom. The molecule has 0 radical (unpaired) electrons. The second kappa shape index (κ2) is 5.95. The van der Waals surface area contributed by atoms with E-state index in [2.05, 4.69) is 6.92 Å². The van der Waals surface area contributed by atoms with Gasteiger partial charge in [-0.2, -0.15) is 0 Å². The van der Waals surface area contributed by atoms with Crippen molar-refractivity contribution in [3.05, 3.63) is 52.6 Å². The molecule has 2 fully saturated rings. The van der Waals surface area contributed by atoms with Crippen molar-refractivity contribution in [1.29, 1.82) is 0 Å². The van der Waals surface area contributed by atoms with E-state index in [0.717, 1.165) is 11.1 Å². The van der Waals surface area contributed by atoms with Crippen LogP contribution in [0.2, 0.25) is 0 Å². The van der Waals surface area contributed by atoms with Gasteiger partial charge in [0, 0.05) is 36.7 Å². The monoisotopic (exact) mass is 412 g/mol. The molecule has 4 aliphatic rings. The summed E-state index contributed by atoms with van der Waals surface area (Å²) in [5.74, 6) is -1.83. The van der Waals surface area contributed by atoms with Crippen molar-refractivity contribution in [2.45, 2.75) is 56.7 Å². The lowest BCUT2D eigenvalue weighted by atomic mass is 9.83. The molecule has 1 saturated heterocycles. The van der Waals surface area contributed by atoms with Crippen LogP contribution in [0.15, 0.2) is 47.1 Å². The van der Waals surface area contributed by atoms with Gasteiger partial charge in [-0.1, -0.05) is 6.92 Å². The number of benzene rings is 1. The second-order valence-corrected chi connectivity index (χ2v) is 8.81. The summed E-state index contributed by atoms with van der Waals surface area (Å²) in [5, 5.41) is 9.12. The molecule has 30 heavy (non-hydrogen) atoms. The first kappa shape index (κ1) is 19.3. The SMILES string of the molecule is COC12CC(C)C34OC3CC(C)(Oc3ccc(C(=O)O)cc3)C4=CC1=C(C)C(=O)O2. The van der Waals surface area contributed by atoms with Gasteiger partial charge in [0.25, 0.3) is 0 Å². The molecule has 2 heterocycles. The molecule has 2 aliphatic carbocycles. The predicted octanol–water partition coefficient (Wildman–Crippen LogP) is 3.25. The highest BCUT2D eigenvalue weighted by atomic mass is 16.7. The molecule has 1 aromatic rings. The molecule has 0 aromatic heterocycles. The molecule has 7 heteroatoms. The molecule has 2 aliphatic heterocycles. The lowest BCUT2D eigenvalue weighted by molar-refractivity contribution is -0.197. The molecule has 7 nitrogen and oxygen atoms in total. The summed E-state index contributed by atoms with van der Waals surface area (Å²) in [6.07, 6.45) is 3.17. The molecular weight excluding hydrogens is 388 g/mol. The van der Waals surface area contributed by atoms with Gasteiger partial charge in [0.05, 0.1) is 11.7 Å². The fourth-order valence-corrected chi connectivity index (χ4v) is 5.48. The summed E-state index contributed by atoms with van der Waals surface area (Å²) in [6, 6.07) is 6.39. The number of carboxylic acids is 1. The van der Waals surface area contributed by atoms with E-state index in [1.54, 1.807) is 26.2 Å². The number of carbonyl (C=O) groups excluding carboxylic acids is 1. The van der Waals surface area contributed by atoms with Crippen LogP contribution in [0.4, 0.5) is 0 Å². The van der Waals surface area contributed by atoms with Crippen molar-refractivity contribution < 1.29 is 33.6 Å². The highest BCUT2D eigenvalue weighted by Crippen LogP contribution is 2.66. The summed E-state index contributed by atoms with van der Waals surface area (Å²) in [7, 11) is 1.56. The van der Waals surface area contributed by atoms with E-state index in [0.29, 0.717) is 24.2 Å². The third-order valence-corrected chi connectivity index (χ3v) is 7.07. The van der Waals surface area contributed by atoms with E-state index in [9.17, 15) is 9.59 Å². The molecule has 1 aromatic carbocycles. The highest BCUT2D eigenvalue weighted by Gasteiger charge is 2.75. The Hall–Kier alpha value is -2.64. The van der Waals surface area contributed by atoms with Gasteiger partial charge in [-0.15, -0.1) is 0 Å². The Morgan fingerprint density at radius 1 is 1.23 bits per heavy atom. The first-order valence-electron chi connectivity index (χ1n) is 10.1. The smallest absolute Gasteiger partial charge is 0.337 e. The van der Waals surface area contributed by atoms with Gasteiger partial charge >= 0.3 is 11.9 Å². The van der Waals surface area contributed by atoms with Crippen LogP contribution in [-0.4, -0.2) is 47.2 Å². The van der Waals surface area contributed by atoms with Gasteiger partial charge in [0.1, 0.15) is 17.0 Å². The molecular formula is C23H24O7. The van der Waals surface area contributed by atoms with Crippen LogP contribution in [0.1, 0.15) is 44.0 Å². The van der Waals surface area contributed by atoms with E-state index in [4.69, 9.17) is 24.1 Å². The van der Waals surface area contributed by atoms with E-state index in [1.165, 1.54) is 12.1 Å². The summed E-state index contributed by atoms with van der Waals surface area (Å²) in [4.78, 5) is 23.5. The minimum absolute atomic E-state index is 0.0198. The maximum Gasteiger partial charge on any atom is 0.337 e. The summed E-state index contributed by atoms with van der Waals surface area (Å²) in [5.41, 5.74) is 1.31. The second-order valence-electron chi connectivity index (χ2n) is 8.81. The van der Waals surface area contributed by atoms with Crippen molar-refractivity contribution in [2.75, 3.05) is 7.11 Å². The number of aromatic carboxylic acids is 1. The zero-order valence-corrected chi connectivity index (χ0v) is 17.4. The zero-order valence-electron chi connectivity index (χ0n) is 17.4. The van der Waals surface area contributed by atoms with Crippen LogP contribution >= 0.6 is 0 Å². The first-order chi connectivity index (χ1) is 14.1. The highest BCUT2D eigenvalue weighted by molar-refractivity contribution is 5.93. The average molecular weight is 412 g/mol. The van der Waals surface area contributed by atoms with Gasteiger partial charge in [-0.25, -0.2) is 9.59 Å². The third kappa shape index (κ3) is 2.39. The van der Waals surface area contributed by atoms with Gasteiger partial charge in [-0.05, 0) is 50.1 Å². The van der Waals surface area contributed by atoms with Crippen molar-refractivity contribution in [3.63, 3.8) is 0 Å². The number of carbonyl (C=O) groups is 2. The van der Waals surface area contributed by atoms with E-state index in [-0.39, 0.29) is 23.6 Å². The Kier molecular flexibility index (Phi) is 3.84. The van der Waals surface area contributed by atoms with Crippen molar-refractivity contribution in [2.24, 2.45) is 5.92 Å². The largest absolute Gasteiger partial charge is 0.483 e. The normalized spacial score (nSPS) is 38.8. The summed E-state index contributed by atoms with van der Waals surface area (Å²) >= 11 is 0. The van der Waals surface area contributed by atoms with Crippen molar-refractivity contribution in [1.82, 2.24) is 0 Å². The number of hydrogen-bond acceptors (Lipinski definition) is 6. The van der Waals surface area contributed by atoms with Crippen molar-refractivity contribution >= 4 is 11.9 Å². The zero-order chi connectivity index (χ0) is 21.5. The van der Waals surface area contributed by atoms with Gasteiger partial charge in [0.15, 0.2) is 0 Å². The maximum absolute atomic E-state index is 12.3. The number of fused-ring (bicyclic) bond motifs is 1. The average Bonchev–Trinajstić information content (AvgIpc) is 3.30. The van der Waals surface area contributed by atoms with Gasteiger partial charge in [-0.3, -0.25) is 0 Å². The topological polar surface area (TPSA) is 94.6 Å². The Bertz CT molecular complexity index is 1020. The Labute approximate surface area is 174 Å². The number of epoxide rings is 1. The third-order valence-electron chi connectivity index (χ3n) is 7.07. The summed E-state index contributed by atoms with van der Waals surface area (Å²) in [6.45, 7) is 5.86. The van der Waals surface area contributed by atoms with E-state index in [1.807, 2.05) is 13.0 Å². The fraction of sp³-hybridized carbons (Fsp3) is 0.478. The van der Waals surface area contributed by atoms with Gasteiger partial charge in [0.2, 0.25) is 5.79 Å². The lowest BCUT2D eigenvalue weighted by Gasteiger charge is -2.33. The molecule has 1 N–H and O–H groups in total. The molecule has 0 bridgehead atoms. The van der Waals surface area contributed by atoms with Crippen LogP contribution in [-0.2, 0) is 19.0 Å². The molecule has 0 amide bonds. The molecule has 158 valence electrons. The Balaban J connectivity index is 1.58. The minimum Gasteiger partial charge on any atom is -0.483 e. The van der Waals surface area contributed by atoms with E-state index < -0.39 is 23.0 Å². The molecule has 5 rings (SSSR count). The number of carboxylic acid groups (broad SMARTS) is 1. The van der Waals surface area contributed by atoms with Crippen LogP contribution in [0.5, 0.6) is 5.75 Å². The lowest BCUT2D eigenvalue weighted by Crippen LogP contribution is -2.39. The predicted molar refractivity (Wildman–Crippen MR) is 105 cm³/mol. The Morgan fingerprint density at radius 2 is 1.93 bits per heavy atom. The van der Waals surface area contributed by atoms with Crippen molar-refractivity contribution in [3.8, 4) is 5.75 Å². The van der Waals surface area contributed by atoms with Gasteiger partial charge < -0.3 is 24.1 Å². The van der Waals surface area contributed by atoms with Crippen LogP contribution in [0.3, 0.4) is 0 Å². The summed E-state index contributed by atoms with van der Waals surface area (Å²) < 4.78 is 24.0. The van der Waals surface area contributed by atoms with Crippen LogP contribution < -0.4 is 4.74 Å². The number of ether oxygens (including phenoxy) is 4. The number of esters is 1. The fourth-order valence-electron chi connectivity index (χ4n) is 5.48. The maximum atomic E-state index is 12.3. The van der Waals surface area contributed by atoms with E-state index >= 15 is 0 Å².